The predicted molar refractivity (Wildman–Crippen MR) is 77.1 cm³/mol. The lowest BCUT2D eigenvalue weighted by Crippen LogP contribution is -2.50. The van der Waals surface area contributed by atoms with Crippen LogP contribution in [0.4, 0.5) is 0 Å². The van der Waals surface area contributed by atoms with Crippen molar-refractivity contribution in [3.63, 3.8) is 0 Å². The summed E-state index contributed by atoms with van der Waals surface area (Å²) in [5.74, 6) is 0. The molecule has 1 aliphatic rings. The minimum absolute atomic E-state index is 0.0593. The summed E-state index contributed by atoms with van der Waals surface area (Å²) in [4.78, 5) is 0. The Kier molecular flexibility index (Phi) is 5.37. The van der Waals surface area contributed by atoms with Crippen LogP contribution in [-0.2, 0) is 10.3 Å². The first-order chi connectivity index (χ1) is 9.30. The number of nitrogens with one attached hydrogen (secondary N) is 1. The Balaban J connectivity index is 2.09. The highest BCUT2D eigenvalue weighted by Crippen LogP contribution is 2.27. The first-order valence-electron chi connectivity index (χ1n) is 7.34. The molecule has 3 heteroatoms. The van der Waals surface area contributed by atoms with E-state index in [1.54, 1.807) is 0 Å². The highest BCUT2D eigenvalue weighted by molar-refractivity contribution is 5.25. The molecule has 0 aliphatic heterocycles. The van der Waals surface area contributed by atoms with E-state index in [1.807, 2.05) is 18.2 Å². The summed E-state index contributed by atoms with van der Waals surface area (Å²) in [6, 6.07) is 10.1. The van der Waals surface area contributed by atoms with Gasteiger partial charge in [0.05, 0.1) is 24.9 Å². The van der Waals surface area contributed by atoms with Crippen molar-refractivity contribution in [3.05, 3.63) is 35.9 Å². The van der Waals surface area contributed by atoms with Gasteiger partial charge in [-0.1, -0.05) is 37.3 Å². The van der Waals surface area contributed by atoms with Gasteiger partial charge in [0.2, 0.25) is 0 Å². The zero-order valence-corrected chi connectivity index (χ0v) is 11.8. The van der Waals surface area contributed by atoms with Crippen LogP contribution >= 0.6 is 0 Å². The summed E-state index contributed by atoms with van der Waals surface area (Å²) in [6.07, 6.45) is 5.01. The third kappa shape index (κ3) is 3.56. The Morgan fingerprint density at radius 1 is 1.32 bits per heavy atom. The van der Waals surface area contributed by atoms with Crippen LogP contribution in [0, 0.1) is 0 Å². The lowest BCUT2D eigenvalue weighted by atomic mass is 9.90. The second kappa shape index (κ2) is 7.04. The third-order valence-corrected chi connectivity index (χ3v) is 3.93. The molecule has 106 valence electrons. The maximum atomic E-state index is 9.92. The molecule has 19 heavy (non-hydrogen) atoms. The molecule has 1 aromatic carbocycles. The van der Waals surface area contributed by atoms with Gasteiger partial charge in [0.15, 0.2) is 0 Å². The normalized spacial score (nSPS) is 18.8. The van der Waals surface area contributed by atoms with Gasteiger partial charge in [-0.2, -0.15) is 0 Å². The minimum atomic E-state index is -0.465. The molecule has 0 radical (unpaired) electrons. The van der Waals surface area contributed by atoms with Crippen LogP contribution in [0.3, 0.4) is 0 Å². The fraction of sp³-hybridized carbons (Fsp3) is 0.625. The molecule has 2 rings (SSSR count). The molecule has 1 aliphatic carbocycles. The number of hydrogen-bond donors (Lipinski definition) is 2. The van der Waals surface area contributed by atoms with E-state index < -0.39 is 5.54 Å². The van der Waals surface area contributed by atoms with Crippen LogP contribution in [0.5, 0.6) is 0 Å². The SMILES string of the molecule is CCCNC(CO)(COC1CCC1)c1ccccc1. The van der Waals surface area contributed by atoms with Crippen LogP contribution in [-0.4, -0.2) is 31.0 Å². The van der Waals surface area contributed by atoms with Crippen molar-refractivity contribution in [2.45, 2.75) is 44.2 Å². The smallest absolute Gasteiger partial charge is 0.0906 e. The van der Waals surface area contributed by atoms with Gasteiger partial charge in [-0.25, -0.2) is 0 Å². The molecule has 0 saturated heterocycles. The quantitative estimate of drug-likeness (QED) is 0.757. The fourth-order valence-corrected chi connectivity index (χ4v) is 2.35. The summed E-state index contributed by atoms with van der Waals surface area (Å²) in [5, 5.41) is 13.4. The van der Waals surface area contributed by atoms with E-state index >= 15 is 0 Å². The van der Waals surface area contributed by atoms with Gasteiger partial charge in [0, 0.05) is 0 Å². The molecule has 1 saturated carbocycles. The van der Waals surface area contributed by atoms with Crippen molar-refractivity contribution >= 4 is 0 Å². The number of ether oxygens (including phenoxy) is 1. The summed E-state index contributed by atoms with van der Waals surface area (Å²) in [7, 11) is 0. The second-order valence-corrected chi connectivity index (χ2v) is 5.40. The number of rotatable bonds is 8. The van der Waals surface area contributed by atoms with Crippen molar-refractivity contribution in [3.8, 4) is 0 Å². The fourth-order valence-electron chi connectivity index (χ4n) is 2.35. The molecule has 1 fully saturated rings. The molecular weight excluding hydrogens is 238 g/mol. The topological polar surface area (TPSA) is 41.5 Å². The highest BCUT2D eigenvalue weighted by atomic mass is 16.5. The maximum Gasteiger partial charge on any atom is 0.0906 e. The van der Waals surface area contributed by atoms with Gasteiger partial charge in [-0.05, 0) is 37.8 Å². The van der Waals surface area contributed by atoms with Crippen LogP contribution in [0.25, 0.3) is 0 Å². The number of benzene rings is 1. The van der Waals surface area contributed by atoms with Crippen LogP contribution < -0.4 is 5.32 Å². The summed E-state index contributed by atoms with van der Waals surface area (Å²) in [5.41, 5.74) is 0.637. The van der Waals surface area contributed by atoms with Crippen molar-refractivity contribution < 1.29 is 9.84 Å². The lowest BCUT2D eigenvalue weighted by molar-refractivity contribution is -0.0442. The summed E-state index contributed by atoms with van der Waals surface area (Å²) in [6.45, 7) is 3.61. The van der Waals surface area contributed by atoms with Crippen LogP contribution in [0.2, 0.25) is 0 Å². The zero-order chi connectivity index (χ0) is 13.6. The van der Waals surface area contributed by atoms with E-state index in [2.05, 4.69) is 24.4 Å². The number of aliphatic hydroxyl groups is 1. The Bertz CT molecular complexity index is 364. The predicted octanol–water partition coefficient (Wildman–Crippen LogP) is 2.44. The van der Waals surface area contributed by atoms with Crippen molar-refractivity contribution in [2.75, 3.05) is 19.8 Å². The Morgan fingerprint density at radius 3 is 2.58 bits per heavy atom. The van der Waals surface area contributed by atoms with Gasteiger partial charge < -0.3 is 15.2 Å². The average Bonchev–Trinajstić information content (AvgIpc) is 2.42. The highest BCUT2D eigenvalue weighted by Gasteiger charge is 2.33. The second-order valence-electron chi connectivity index (χ2n) is 5.40. The van der Waals surface area contributed by atoms with Crippen molar-refractivity contribution in [1.82, 2.24) is 5.32 Å². The monoisotopic (exact) mass is 263 g/mol. The maximum absolute atomic E-state index is 9.92. The van der Waals surface area contributed by atoms with E-state index in [1.165, 1.54) is 6.42 Å². The van der Waals surface area contributed by atoms with E-state index in [9.17, 15) is 5.11 Å². The van der Waals surface area contributed by atoms with Crippen molar-refractivity contribution in [2.24, 2.45) is 0 Å². The number of hydrogen-bond acceptors (Lipinski definition) is 3. The number of aliphatic hydroxyl groups excluding tert-OH is 1. The van der Waals surface area contributed by atoms with Gasteiger partial charge in [-0.15, -0.1) is 0 Å². The van der Waals surface area contributed by atoms with E-state index in [4.69, 9.17) is 4.74 Å². The molecule has 3 nitrogen and oxygen atoms in total. The van der Waals surface area contributed by atoms with Crippen molar-refractivity contribution in [1.29, 1.82) is 0 Å². The standard InChI is InChI=1S/C16H25NO2/c1-2-11-17-16(12-18,13-19-15-9-6-10-15)14-7-4-3-5-8-14/h3-5,7-8,15,17-18H,2,6,9-13H2,1H3. The molecule has 1 unspecified atom stereocenters. The average molecular weight is 263 g/mol. The van der Waals surface area contributed by atoms with Gasteiger partial charge in [0.25, 0.3) is 0 Å². The van der Waals surface area contributed by atoms with E-state index in [0.717, 1.165) is 31.4 Å². The molecule has 0 bridgehead atoms. The Morgan fingerprint density at radius 2 is 2.05 bits per heavy atom. The molecule has 0 aromatic heterocycles. The molecule has 2 N–H and O–H groups in total. The van der Waals surface area contributed by atoms with Gasteiger partial charge >= 0.3 is 0 Å². The molecule has 0 amide bonds. The third-order valence-electron chi connectivity index (χ3n) is 3.93. The lowest BCUT2D eigenvalue weighted by Gasteiger charge is -2.36. The molecular formula is C16H25NO2. The summed E-state index contributed by atoms with van der Waals surface area (Å²) >= 11 is 0. The molecule has 0 heterocycles. The first kappa shape index (κ1) is 14.5. The molecule has 1 atom stereocenters. The van der Waals surface area contributed by atoms with Gasteiger partial charge in [0.1, 0.15) is 0 Å². The van der Waals surface area contributed by atoms with E-state index in [0.29, 0.717) is 12.7 Å². The summed E-state index contributed by atoms with van der Waals surface area (Å²) < 4.78 is 5.96. The van der Waals surface area contributed by atoms with Crippen LogP contribution in [0.15, 0.2) is 30.3 Å². The van der Waals surface area contributed by atoms with Gasteiger partial charge in [-0.3, -0.25) is 0 Å². The van der Waals surface area contributed by atoms with Crippen LogP contribution in [0.1, 0.15) is 38.2 Å². The molecule has 1 aromatic rings. The zero-order valence-electron chi connectivity index (χ0n) is 11.8. The molecule has 0 spiro atoms. The van der Waals surface area contributed by atoms with E-state index in [-0.39, 0.29) is 6.61 Å². The Labute approximate surface area is 116 Å². The first-order valence-corrected chi connectivity index (χ1v) is 7.34. The Hall–Kier alpha value is -0.900. The largest absolute Gasteiger partial charge is 0.394 e. The minimum Gasteiger partial charge on any atom is -0.394 e.